The molecule has 4 fully saturated rings. The first kappa shape index (κ1) is 41.0. The average molecular weight is 854 g/mol. The van der Waals surface area contributed by atoms with Crippen LogP contribution >= 0.6 is 11.3 Å². The largest absolute Gasteiger partial charge is 0.461 e. The minimum atomic E-state index is -5.54. The number of fused-ring (bicyclic) bond motifs is 3. The average Bonchev–Trinajstić information content (AvgIpc) is 4.00. The molecule has 5 atom stereocenters. The third-order valence-corrected chi connectivity index (χ3v) is 13.1. The Labute approximate surface area is 336 Å². The lowest BCUT2D eigenvalue weighted by atomic mass is 9.88. The molecule has 0 spiro atoms. The summed E-state index contributed by atoms with van der Waals surface area (Å²) in [6.45, 7) is 4.71. The second-order valence-electron chi connectivity index (χ2n) is 15.5. The van der Waals surface area contributed by atoms with E-state index in [-0.39, 0.29) is 56.5 Å². The van der Waals surface area contributed by atoms with Crippen molar-refractivity contribution in [3.05, 3.63) is 40.7 Å². The fraction of sp³-hybridized carbons (Fsp3) is 0.538. The van der Waals surface area contributed by atoms with Crippen LogP contribution in [0.2, 0.25) is 0 Å². The van der Waals surface area contributed by atoms with E-state index in [1.165, 1.54) is 9.80 Å². The van der Waals surface area contributed by atoms with Crippen LogP contribution < -0.4 is 15.4 Å². The SMILES string of the molecule is CCN(c1nc(OC[C@@]23CCCN2C[C@H](F)C3)nc2c(C(F)(F)F)c(-c3ccc(F)c4sc(N)c(C#N)c34)c(C(F)(F)F)cc12)[C@H]1CCN(C(=O)O[C@@H]2CCOC2)[C@@H]1C. The molecule has 2 aromatic carbocycles. The third kappa shape index (κ3) is 7.11. The van der Waals surface area contributed by atoms with E-state index in [0.29, 0.717) is 43.4 Å². The zero-order valence-corrected chi connectivity index (χ0v) is 32.7. The number of likely N-dealkylation sites (tertiary alicyclic amines) is 1. The highest BCUT2D eigenvalue weighted by atomic mass is 32.1. The van der Waals surface area contributed by atoms with E-state index in [1.807, 2.05) is 4.90 Å². The minimum absolute atomic E-state index is 0.0178. The zero-order valence-electron chi connectivity index (χ0n) is 31.9. The Hall–Kier alpha value is -4.74. The monoisotopic (exact) mass is 853 g/mol. The molecule has 59 heavy (non-hydrogen) atoms. The lowest BCUT2D eigenvalue weighted by molar-refractivity contribution is -0.141. The topological polar surface area (TPSA) is 130 Å². The Kier molecular flexibility index (Phi) is 10.5. The van der Waals surface area contributed by atoms with Crippen LogP contribution in [0.1, 0.15) is 62.6 Å². The molecular weight excluding hydrogens is 815 g/mol. The molecule has 11 nitrogen and oxygen atoms in total. The quantitative estimate of drug-likeness (QED) is 0.173. The van der Waals surface area contributed by atoms with Gasteiger partial charge in [0.15, 0.2) is 0 Å². The van der Waals surface area contributed by atoms with Crippen molar-refractivity contribution in [1.29, 1.82) is 5.26 Å². The highest BCUT2D eigenvalue weighted by Crippen LogP contribution is 2.52. The smallest absolute Gasteiger partial charge is 0.419 e. The second kappa shape index (κ2) is 15.1. The Morgan fingerprint density at radius 2 is 1.95 bits per heavy atom. The standard InChI is InChI=1S/C39H39F8N7O4S/c1-3-53(27-7-11-54(19(27)2)36(55)58-21-8-12-56-17-21)34-23-13-25(38(42,43)44)29(22-5-6-26(41)32-28(22)24(15-48)33(49)59-32)30(39(45,46)47)31(23)50-35(51-34)57-18-37-9-4-10-52(37)16-20(40)14-37/h5-6,13,19-21,27H,3-4,7-12,14,16-18,49H2,1-2H3/t19-,20-,21-,27+,37+/m1/s1. The number of alkyl halides is 7. The molecule has 20 heteroatoms. The summed E-state index contributed by atoms with van der Waals surface area (Å²) in [6.07, 6.45) is -11.1. The zero-order chi connectivity index (χ0) is 42.2. The lowest BCUT2D eigenvalue weighted by Gasteiger charge is -2.35. The van der Waals surface area contributed by atoms with Gasteiger partial charge in [-0.2, -0.15) is 41.6 Å². The van der Waals surface area contributed by atoms with Gasteiger partial charge in [-0.15, -0.1) is 11.3 Å². The highest BCUT2D eigenvalue weighted by Gasteiger charge is 2.50. The maximum atomic E-state index is 15.8. The molecule has 4 aliphatic rings. The molecule has 6 heterocycles. The Bertz CT molecular complexity index is 2350. The first-order valence-electron chi connectivity index (χ1n) is 19.2. The first-order chi connectivity index (χ1) is 28.0. The van der Waals surface area contributed by atoms with Gasteiger partial charge in [-0.1, -0.05) is 6.07 Å². The third-order valence-electron chi connectivity index (χ3n) is 12.1. The number of ether oxygens (including phenoxy) is 3. The van der Waals surface area contributed by atoms with Crippen molar-refractivity contribution in [2.24, 2.45) is 0 Å². The van der Waals surface area contributed by atoms with Crippen molar-refractivity contribution in [1.82, 2.24) is 19.8 Å². The van der Waals surface area contributed by atoms with E-state index in [4.69, 9.17) is 19.9 Å². The number of thiophene rings is 1. The summed E-state index contributed by atoms with van der Waals surface area (Å²) >= 11 is 0.523. The van der Waals surface area contributed by atoms with Gasteiger partial charge in [0, 0.05) is 48.8 Å². The van der Waals surface area contributed by atoms with Gasteiger partial charge in [-0.3, -0.25) is 4.90 Å². The van der Waals surface area contributed by atoms with Crippen molar-refractivity contribution in [3.63, 3.8) is 0 Å². The van der Waals surface area contributed by atoms with Gasteiger partial charge in [0.05, 0.1) is 57.7 Å². The van der Waals surface area contributed by atoms with Crippen LogP contribution in [0.25, 0.3) is 32.1 Å². The number of nitrogens with two attached hydrogens (primary N) is 1. The molecule has 4 saturated heterocycles. The number of halogens is 8. The van der Waals surface area contributed by atoms with Crippen molar-refractivity contribution in [2.75, 3.05) is 56.6 Å². The number of nitrogens with zero attached hydrogens (tertiary/aromatic N) is 6. The number of rotatable bonds is 8. The van der Waals surface area contributed by atoms with Crippen LogP contribution in [0.15, 0.2) is 18.2 Å². The molecule has 4 aromatic rings. The number of aromatic nitrogens is 2. The fourth-order valence-corrected chi connectivity index (χ4v) is 10.4. The highest BCUT2D eigenvalue weighted by molar-refractivity contribution is 7.23. The van der Waals surface area contributed by atoms with Crippen molar-refractivity contribution in [2.45, 2.75) is 88.2 Å². The maximum Gasteiger partial charge on any atom is 0.419 e. The number of benzene rings is 2. The molecule has 316 valence electrons. The molecule has 4 aliphatic heterocycles. The number of carbonyl (C=O) groups excluding carboxylic acids is 1. The van der Waals surface area contributed by atoms with Gasteiger partial charge in [0.2, 0.25) is 0 Å². The van der Waals surface area contributed by atoms with Gasteiger partial charge in [-0.05, 0) is 57.4 Å². The Balaban J connectivity index is 1.35. The molecule has 2 N–H and O–H groups in total. The van der Waals surface area contributed by atoms with E-state index in [1.54, 1.807) is 19.9 Å². The number of nitrogen functional groups attached to an aromatic ring is 1. The van der Waals surface area contributed by atoms with Crippen LogP contribution in [-0.2, 0) is 21.8 Å². The summed E-state index contributed by atoms with van der Waals surface area (Å²) in [7, 11) is 0. The van der Waals surface area contributed by atoms with Gasteiger partial charge < -0.3 is 29.7 Å². The van der Waals surface area contributed by atoms with Gasteiger partial charge in [-0.25, -0.2) is 13.6 Å². The molecular formula is C39H39F8N7O4S. The molecule has 0 bridgehead atoms. The Morgan fingerprint density at radius 1 is 1.17 bits per heavy atom. The summed E-state index contributed by atoms with van der Waals surface area (Å²) in [5, 5.41) is 8.52. The van der Waals surface area contributed by atoms with Gasteiger partial charge >= 0.3 is 24.5 Å². The van der Waals surface area contributed by atoms with E-state index < -0.39 is 109 Å². The molecule has 0 aliphatic carbocycles. The van der Waals surface area contributed by atoms with Gasteiger partial charge in [0.25, 0.3) is 0 Å². The Morgan fingerprint density at radius 3 is 2.63 bits per heavy atom. The predicted molar refractivity (Wildman–Crippen MR) is 201 cm³/mol. The summed E-state index contributed by atoms with van der Waals surface area (Å²) in [5.74, 6) is -1.31. The maximum absolute atomic E-state index is 15.8. The van der Waals surface area contributed by atoms with Crippen molar-refractivity contribution in [3.8, 4) is 23.2 Å². The number of carbonyl (C=O) groups is 1. The lowest BCUT2D eigenvalue weighted by Crippen LogP contribution is -2.46. The molecule has 8 rings (SSSR count). The van der Waals surface area contributed by atoms with E-state index >= 15 is 30.7 Å². The van der Waals surface area contributed by atoms with Crippen LogP contribution in [0, 0.1) is 17.1 Å². The van der Waals surface area contributed by atoms with Gasteiger partial charge in [0.1, 0.15) is 41.6 Å². The van der Waals surface area contributed by atoms with Crippen molar-refractivity contribution < 1.29 is 54.1 Å². The minimum Gasteiger partial charge on any atom is -0.461 e. The van der Waals surface area contributed by atoms with E-state index in [9.17, 15) is 14.4 Å². The normalized spacial score (nSPS) is 24.9. The summed E-state index contributed by atoms with van der Waals surface area (Å²) < 4.78 is 140. The van der Waals surface area contributed by atoms with Crippen LogP contribution in [-0.4, -0.2) is 102 Å². The number of hydrogen-bond donors (Lipinski definition) is 1. The molecule has 2 aromatic heterocycles. The molecule has 1 amide bonds. The van der Waals surface area contributed by atoms with E-state index in [2.05, 4.69) is 9.97 Å². The predicted octanol–water partition coefficient (Wildman–Crippen LogP) is 8.31. The van der Waals surface area contributed by atoms with E-state index in [0.717, 1.165) is 18.6 Å². The summed E-state index contributed by atoms with van der Waals surface area (Å²) in [5.41, 5.74) is -1.93. The van der Waals surface area contributed by atoms with Crippen molar-refractivity contribution >= 4 is 49.2 Å². The number of amides is 1. The number of likely N-dealkylation sites (N-methyl/N-ethyl adjacent to an activating group) is 1. The van der Waals surface area contributed by atoms with Crippen LogP contribution in [0.5, 0.6) is 6.01 Å². The number of anilines is 2. The summed E-state index contributed by atoms with van der Waals surface area (Å²) in [4.78, 5) is 26.9. The van der Waals surface area contributed by atoms with Crippen LogP contribution in [0.4, 0.5) is 50.7 Å². The first-order valence-corrected chi connectivity index (χ1v) is 20.0. The molecule has 0 radical (unpaired) electrons. The second-order valence-corrected chi connectivity index (χ2v) is 16.5. The molecule has 0 saturated carbocycles. The summed E-state index contributed by atoms with van der Waals surface area (Å²) in [6, 6.07) is 1.83. The number of nitriles is 1. The number of hydrogen-bond acceptors (Lipinski definition) is 11. The van der Waals surface area contributed by atoms with Crippen LogP contribution in [0.3, 0.4) is 0 Å². The molecule has 0 unspecified atom stereocenters. The fourth-order valence-electron chi connectivity index (χ4n) is 9.40.